The topological polar surface area (TPSA) is 86.5 Å². The average Bonchev–Trinajstić information content (AvgIpc) is 2.91. The molecule has 0 saturated carbocycles. The van der Waals surface area contributed by atoms with Crippen molar-refractivity contribution in [1.82, 2.24) is 4.90 Å². The number of carbonyl (C=O) groups is 1. The maximum absolute atomic E-state index is 14.0. The molecule has 2 aromatic carbocycles. The van der Waals surface area contributed by atoms with Gasteiger partial charge in [0.05, 0.1) is 30.2 Å². The van der Waals surface area contributed by atoms with Gasteiger partial charge < -0.3 is 29.0 Å². The van der Waals surface area contributed by atoms with Gasteiger partial charge in [0.1, 0.15) is 17.2 Å². The van der Waals surface area contributed by atoms with Crippen molar-refractivity contribution in [3.8, 4) is 0 Å². The molecule has 2 aliphatic rings. The first-order valence-corrected chi connectivity index (χ1v) is 13.3. The second-order valence-electron chi connectivity index (χ2n) is 10.5. The zero-order chi connectivity index (χ0) is 27.8. The molecule has 0 aliphatic carbocycles. The Balaban J connectivity index is 1.62. The van der Waals surface area contributed by atoms with Crippen molar-refractivity contribution in [2.45, 2.75) is 44.9 Å². The molecule has 2 unspecified atom stereocenters. The Hall–Kier alpha value is -3.50. The molecule has 1 N–H and O–H groups in total. The lowest BCUT2D eigenvalue weighted by Crippen LogP contribution is -2.41. The van der Waals surface area contributed by atoms with E-state index in [4.69, 9.17) is 9.15 Å². The largest absolute Gasteiger partial charge is 0.440 e. The number of nitrogens with zero attached hydrogens (tertiary/aromatic N) is 3. The average molecular weight is 542 g/mol. The lowest BCUT2D eigenvalue weighted by Gasteiger charge is -2.32. The smallest absolute Gasteiger partial charge is 0.253 e. The van der Waals surface area contributed by atoms with Crippen LogP contribution in [0.3, 0.4) is 0 Å². The van der Waals surface area contributed by atoms with Gasteiger partial charge in [-0.1, -0.05) is 0 Å². The predicted molar refractivity (Wildman–Crippen MR) is 144 cm³/mol. The quantitative estimate of drug-likeness (QED) is 0.521. The van der Waals surface area contributed by atoms with E-state index in [1.165, 1.54) is 18.2 Å². The normalized spacial score (nSPS) is 19.4. The van der Waals surface area contributed by atoms with Crippen LogP contribution in [-0.4, -0.2) is 68.0 Å². The summed E-state index contributed by atoms with van der Waals surface area (Å²) in [5.41, 5.74) is 1.19. The molecular weight excluding hydrogens is 508 g/mol. The molecule has 1 aromatic heterocycles. The molecule has 0 spiro atoms. The summed E-state index contributed by atoms with van der Waals surface area (Å²) in [5.74, 6) is -1.26. The molecular formula is C29H33F2N3O5. The fourth-order valence-corrected chi connectivity index (χ4v) is 5.31. The second kappa shape index (κ2) is 10.9. The van der Waals surface area contributed by atoms with Crippen LogP contribution in [0.1, 0.15) is 48.7 Å². The Morgan fingerprint density at radius 1 is 1.08 bits per heavy atom. The number of ether oxygens (including phenoxy) is 1. The van der Waals surface area contributed by atoms with Crippen molar-refractivity contribution in [3.63, 3.8) is 0 Å². The van der Waals surface area contributed by atoms with Crippen LogP contribution in [0.25, 0.3) is 11.0 Å². The summed E-state index contributed by atoms with van der Waals surface area (Å²) in [6, 6.07) is 7.43. The number of halogens is 2. The highest BCUT2D eigenvalue weighted by Crippen LogP contribution is 2.34. The second-order valence-corrected chi connectivity index (χ2v) is 10.5. The first kappa shape index (κ1) is 27.1. The zero-order valence-electron chi connectivity index (χ0n) is 22.3. The van der Waals surface area contributed by atoms with E-state index in [2.05, 4.69) is 0 Å². The molecule has 2 fully saturated rings. The molecule has 2 atom stereocenters. The van der Waals surface area contributed by atoms with E-state index in [0.717, 1.165) is 6.07 Å². The number of aliphatic hydroxyl groups is 1. The number of hydrogen-bond acceptors (Lipinski definition) is 7. The molecule has 0 radical (unpaired) electrons. The van der Waals surface area contributed by atoms with Crippen LogP contribution >= 0.6 is 0 Å². The van der Waals surface area contributed by atoms with Gasteiger partial charge >= 0.3 is 0 Å². The molecule has 8 nitrogen and oxygen atoms in total. The number of amides is 1. The Kier molecular flexibility index (Phi) is 7.59. The van der Waals surface area contributed by atoms with Crippen LogP contribution in [-0.2, 0) is 4.74 Å². The van der Waals surface area contributed by atoms with Gasteiger partial charge in [-0.2, -0.15) is 0 Å². The summed E-state index contributed by atoms with van der Waals surface area (Å²) < 4.78 is 40.1. The minimum atomic E-state index is -0.708. The third-order valence-corrected chi connectivity index (χ3v) is 7.68. The molecule has 39 heavy (non-hydrogen) atoms. The Morgan fingerprint density at radius 2 is 1.77 bits per heavy atom. The van der Waals surface area contributed by atoms with Gasteiger partial charge in [0.25, 0.3) is 5.91 Å². The number of rotatable bonds is 5. The maximum Gasteiger partial charge on any atom is 0.253 e. The SMILES string of the molecule is CC1CN(c2cc(=O)c3cc(C(=O)N4CCC(O)CC4)cc(C(C)N(C)c4cc(F)cc(F)c4)c3o2)CCO1. The van der Waals surface area contributed by atoms with Gasteiger partial charge in [-0.05, 0) is 51.0 Å². The number of piperidine rings is 1. The fourth-order valence-electron chi connectivity index (χ4n) is 5.31. The Morgan fingerprint density at radius 3 is 2.44 bits per heavy atom. The standard InChI is InChI=1S/C29H33F2N3O5/c1-17-16-34(8-9-38-17)27-15-26(36)25-11-19(29(37)33-6-4-23(35)5-7-33)10-24(28(25)39-27)18(2)32(3)22-13-20(30)12-21(31)14-22/h10-15,17-18,23,35H,4-9,16H2,1-3H3. The highest BCUT2D eigenvalue weighted by molar-refractivity contribution is 5.99. The summed E-state index contributed by atoms with van der Waals surface area (Å²) in [6.07, 6.45) is 0.505. The lowest BCUT2D eigenvalue weighted by atomic mass is 9.98. The van der Waals surface area contributed by atoms with Gasteiger partial charge in [0.2, 0.25) is 0 Å². The first-order chi connectivity index (χ1) is 18.6. The van der Waals surface area contributed by atoms with Crippen LogP contribution in [0.4, 0.5) is 20.4 Å². The summed E-state index contributed by atoms with van der Waals surface area (Å²) >= 11 is 0. The van der Waals surface area contributed by atoms with E-state index < -0.39 is 23.8 Å². The number of benzene rings is 2. The van der Waals surface area contributed by atoms with Crippen molar-refractivity contribution in [2.24, 2.45) is 0 Å². The molecule has 0 bridgehead atoms. The van der Waals surface area contributed by atoms with E-state index in [9.17, 15) is 23.5 Å². The molecule has 1 amide bonds. The first-order valence-electron chi connectivity index (χ1n) is 13.3. The molecule has 3 heterocycles. The predicted octanol–water partition coefficient (Wildman–Crippen LogP) is 4.09. The molecule has 2 aliphatic heterocycles. The van der Waals surface area contributed by atoms with Crippen molar-refractivity contribution in [1.29, 1.82) is 0 Å². The van der Waals surface area contributed by atoms with Crippen molar-refractivity contribution in [2.75, 3.05) is 49.6 Å². The summed E-state index contributed by atoms with van der Waals surface area (Å²) in [6.45, 7) is 6.21. The number of carbonyl (C=O) groups excluding carboxylic acids is 1. The highest BCUT2D eigenvalue weighted by Gasteiger charge is 2.27. The number of fused-ring (bicyclic) bond motifs is 1. The summed E-state index contributed by atoms with van der Waals surface area (Å²) in [7, 11) is 1.69. The lowest BCUT2D eigenvalue weighted by molar-refractivity contribution is 0.0517. The molecule has 10 heteroatoms. The summed E-state index contributed by atoms with van der Waals surface area (Å²) in [4.78, 5) is 32.2. The molecule has 208 valence electrons. The molecule has 3 aromatic rings. The van der Waals surface area contributed by atoms with E-state index >= 15 is 0 Å². The Labute approximate surface area is 225 Å². The van der Waals surface area contributed by atoms with Crippen LogP contribution in [0.2, 0.25) is 0 Å². The number of anilines is 2. The van der Waals surface area contributed by atoms with E-state index in [1.807, 2.05) is 18.7 Å². The third-order valence-electron chi connectivity index (χ3n) is 7.68. The van der Waals surface area contributed by atoms with Crippen molar-refractivity contribution < 1.29 is 27.8 Å². The minimum absolute atomic E-state index is 0.0322. The van der Waals surface area contributed by atoms with Crippen LogP contribution in [0.5, 0.6) is 0 Å². The molecule has 5 rings (SSSR count). The summed E-state index contributed by atoms with van der Waals surface area (Å²) in [5, 5.41) is 10.1. The number of aliphatic hydroxyl groups excluding tert-OH is 1. The van der Waals surface area contributed by atoms with Gasteiger partial charge in [0, 0.05) is 62.2 Å². The fraction of sp³-hybridized carbons (Fsp3) is 0.448. The van der Waals surface area contributed by atoms with Crippen LogP contribution in [0.15, 0.2) is 45.6 Å². The van der Waals surface area contributed by atoms with Gasteiger partial charge in [-0.15, -0.1) is 0 Å². The molecule has 2 saturated heterocycles. The van der Waals surface area contributed by atoms with Gasteiger partial charge in [0.15, 0.2) is 11.3 Å². The third kappa shape index (κ3) is 5.62. The van der Waals surface area contributed by atoms with Crippen molar-refractivity contribution >= 4 is 28.4 Å². The van der Waals surface area contributed by atoms with E-state index in [-0.39, 0.29) is 22.8 Å². The van der Waals surface area contributed by atoms with Gasteiger partial charge in [-0.25, -0.2) is 8.78 Å². The highest BCUT2D eigenvalue weighted by atomic mass is 19.1. The van der Waals surface area contributed by atoms with E-state index in [0.29, 0.717) is 73.9 Å². The zero-order valence-corrected chi connectivity index (χ0v) is 22.3. The number of hydrogen-bond donors (Lipinski definition) is 1. The minimum Gasteiger partial charge on any atom is -0.440 e. The monoisotopic (exact) mass is 541 g/mol. The number of likely N-dealkylation sites (tertiary alicyclic amines) is 1. The van der Waals surface area contributed by atoms with Crippen molar-refractivity contribution in [3.05, 3.63) is 69.4 Å². The van der Waals surface area contributed by atoms with Crippen LogP contribution in [0, 0.1) is 11.6 Å². The Bertz CT molecular complexity index is 1420. The number of morpholine rings is 1. The van der Waals surface area contributed by atoms with E-state index in [1.54, 1.807) is 29.0 Å². The van der Waals surface area contributed by atoms with Crippen LogP contribution < -0.4 is 15.2 Å². The van der Waals surface area contributed by atoms with Gasteiger partial charge in [-0.3, -0.25) is 9.59 Å². The maximum atomic E-state index is 14.0.